The van der Waals surface area contributed by atoms with Crippen LogP contribution in [-0.4, -0.2) is 23.3 Å². The summed E-state index contributed by atoms with van der Waals surface area (Å²) in [6.45, 7) is 0.817. The minimum Gasteiger partial charge on any atom is -0.384 e. The molecule has 2 aromatic carbocycles. The molecule has 0 aliphatic rings. The standard InChI is InChI=1S/C23H21F4N5O2/c1-2-34-21(23(33)32-10-14-15(24)7-13(22(29)30)8-16(14)25)20-17(26)5-12(6-18(20)27)11-3-4-19(28)31-9-11/h3-9,21H,2,10H2,1H3,(H2,28,31)(H3,29,30)(H,32,33). The first-order chi connectivity index (χ1) is 16.1. The fourth-order valence-corrected chi connectivity index (χ4v) is 3.23. The van der Waals surface area contributed by atoms with E-state index in [1.54, 1.807) is 0 Å². The molecule has 1 unspecified atom stereocenters. The second kappa shape index (κ2) is 10.3. The average Bonchev–Trinajstić information content (AvgIpc) is 2.77. The van der Waals surface area contributed by atoms with Gasteiger partial charge in [-0.25, -0.2) is 22.5 Å². The molecule has 0 bridgehead atoms. The first-order valence-electron chi connectivity index (χ1n) is 10.0. The van der Waals surface area contributed by atoms with Gasteiger partial charge >= 0.3 is 0 Å². The molecule has 1 amide bonds. The number of aromatic nitrogens is 1. The van der Waals surface area contributed by atoms with E-state index in [-0.39, 0.29) is 23.6 Å². The zero-order chi connectivity index (χ0) is 25.0. The highest BCUT2D eigenvalue weighted by molar-refractivity contribution is 5.95. The number of ether oxygens (including phenoxy) is 1. The number of anilines is 1. The Kier molecular flexibility index (Phi) is 7.47. The number of benzene rings is 2. The number of pyridine rings is 1. The van der Waals surface area contributed by atoms with E-state index >= 15 is 0 Å². The third-order valence-corrected chi connectivity index (χ3v) is 4.92. The summed E-state index contributed by atoms with van der Waals surface area (Å²) >= 11 is 0. The van der Waals surface area contributed by atoms with Crippen LogP contribution in [0.2, 0.25) is 0 Å². The number of amides is 1. The smallest absolute Gasteiger partial charge is 0.254 e. The highest BCUT2D eigenvalue weighted by atomic mass is 19.1. The SMILES string of the molecule is CCOC(C(=O)NCc1c(F)cc(C(=N)N)cc1F)c1c(F)cc(-c2ccc(N)nc2)cc1F. The van der Waals surface area contributed by atoms with Gasteiger partial charge in [0.25, 0.3) is 5.91 Å². The van der Waals surface area contributed by atoms with Crippen molar-refractivity contribution in [1.29, 1.82) is 5.41 Å². The molecule has 11 heteroatoms. The maximum atomic E-state index is 14.9. The Hall–Kier alpha value is -3.99. The van der Waals surface area contributed by atoms with Crippen LogP contribution in [0, 0.1) is 28.7 Å². The van der Waals surface area contributed by atoms with Gasteiger partial charge in [0.05, 0.1) is 5.56 Å². The summed E-state index contributed by atoms with van der Waals surface area (Å²) in [5.74, 6) is -5.50. The molecule has 0 aliphatic carbocycles. The predicted octanol–water partition coefficient (Wildman–Crippen LogP) is 3.57. The fraction of sp³-hybridized carbons (Fsp3) is 0.174. The molecule has 0 saturated heterocycles. The van der Waals surface area contributed by atoms with Crippen molar-refractivity contribution in [1.82, 2.24) is 10.3 Å². The van der Waals surface area contributed by atoms with Gasteiger partial charge in [0.15, 0.2) is 6.10 Å². The first kappa shape index (κ1) is 24.6. The summed E-state index contributed by atoms with van der Waals surface area (Å²) in [6, 6.07) is 6.73. The van der Waals surface area contributed by atoms with Crippen LogP contribution in [0.5, 0.6) is 0 Å². The van der Waals surface area contributed by atoms with Crippen molar-refractivity contribution < 1.29 is 27.1 Å². The highest BCUT2D eigenvalue weighted by Gasteiger charge is 2.29. The Morgan fingerprint density at radius 3 is 2.18 bits per heavy atom. The van der Waals surface area contributed by atoms with Gasteiger partial charge in [0.2, 0.25) is 0 Å². The molecule has 0 saturated carbocycles. The molecule has 1 heterocycles. The number of hydrogen-bond donors (Lipinski definition) is 4. The summed E-state index contributed by atoms with van der Waals surface area (Å²) in [5.41, 5.74) is 9.98. The van der Waals surface area contributed by atoms with Crippen molar-refractivity contribution in [2.24, 2.45) is 5.73 Å². The fourth-order valence-electron chi connectivity index (χ4n) is 3.23. The van der Waals surface area contributed by atoms with Gasteiger partial charge in [-0.1, -0.05) is 0 Å². The van der Waals surface area contributed by atoms with Crippen molar-refractivity contribution in [2.45, 2.75) is 19.6 Å². The molecule has 178 valence electrons. The van der Waals surface area contributed by atoms with Crippen molar-refractivity contribution in [3.05, 3.63) is 82.6 Å². The van der Waals surface area contributed by atoms with E-state index in [0.717, 1.165) is 24.3 Å². The maximum absolute atomic E-state index is 14.9. The molecule has 3 rings (SSSR count). The number of nitrogen functional groups attached to an aromatic ring is 2. The first-order valence-corrected chi connectivity index (χ1v) is 10.0. The predicted molar refractivity (Wildman–Crippen MR) is 118 cm³/mol. The molecular formula is C23H21F4N5O2. The number of hydrogen-bond acceptors (Lipinski definition) is 5. The molecule has 0 radical (unpaired) electrons. The number of carbonyl (C=O) groups is 1. The zero-order valence-corrected chi connectivity index (χ0v) is 18.0. The van der Waals surface area contributed by atoms with E-state index in [0.29, 0.717) is 5.56 Å². The van der Waals surface area contributed by atoms with Crippen molar-refractivity contribution in [2.75, 3.05) is 12.3 Å². The molecule has 0 fully saturated rings. The van der Waals surface area contributed by atoms with Crippen LogP contribution in [-0.2, 0) is 16.1 Å². The largest absolute Gasteiger partial charge is 0.384 e. The molecule has 1 aromatic heterocycles. The Morgan fingerprint density at radius 1 is 1.06 bits per heavy atom. The van der Waals surface area contributed by atoms with Crippen LogP contribution in [0.3, 0.4) is 0 Å². The maximum Gasteiger partial charge on any atom is 0.254 e. The molecule has 0 spiro atoms. The summed E-state index contributed by atoms with van der Waals surface area (Å²) < 4.78 is 63.6. The summed E-state index contributed by atoms with van der Waals surface area (Å²) in [7, 11) is 0. The number of carbonyl (C=O) groups excluding carboxylic acids is 1. The zero-order valence-electron chi connectivity index (χ0n) is 18.0. The van der Waals surface area contributed by atoms with E-state index in [2.05, 4.69) is 10.3 Å². The lowest BCUT2D eigenvalue weighted by Crippen LogP contribution is -2.32. The second-order valence-corrected chi connectivity index (χ2v) is 7.21. The quantitative estimate of drug-likeness (QED) is 0.225. The van der Waals surface area contributed by atoms with Gasteiger partial charge in [-0.3, -0.25) is 10.2 Å². The number of nitrogens with two attached hydrogens (primary N) is 2. The topological polar surface area (TPSA) is 127 Å². The number of halogens is 4. The summed E-state index contributed by atoms with van der Waals surface area (Å²) in [6.07, 6.45) is -0.373. The summed E-state index contributed by atoms with van der Waals surface area (Å²) in [4.78, 5) is 16.6. The number of nitrogens with zero attached hydrogens (tertiary/aromatic N) is 1. The van der Waals surface area contributed by atoms with Gasteiger partial charge in [-0.15, -0.1) is 0 Å². The van der Waals surface area contributed by atoms with E-state index < -0.39 is 58.8 Å². The van der Waals surface area contributed by atoms with Gasteiger partial charge < -0.3 is 21.5 Å². The Morgan fingerprint density at radius 2 is 1.68 bits per heavy atom. The van der Waals surface area contributed by atoms with Crippen molar-refractivity contribution in [3.63, 3.8) is 0 Å². The van der Waals surface area contributed by atoms with Crippen molar-refractivity contribution >= 4 is 17.6 Å². The van der Waals surface area contributed by atoms with Gasteiger partial charge in [-0.05, 0) is 48.9 Å². The summed E-state index contributed by atoms with van der Waals surface area (Å²) in [5, 5.41) is 9.50. The molecule has 6 N–H and O–H groups in total. The highest BCUT2D eigenvalue weighted by Crippen LogP contribution is 2.30. The Balaban J connectivity index is 1.86. The van der Waals surface area contributed by atoms with E-state index in [9.17, 15) is 22.4 Å². The monoisotopic (exact) mass is 475 g/mol. The van der Waals surface area contributed by atoms with Gasteiger partial charge in [0.1, 0.15) is 34.9 Å². The van der Waals surface area contributed by atoms with Gasteiger partial charge in [-0.2, -0.15) is 0 Å². The third kappa shape index (κ3) is 5.31. The second-order valence-electron chi connectivity index (χ2n) is 7.21. The molecule has 1 atom stereocenters. The lowest BCUT2D eigenvalue weighted by molar-refractivity contribution is -0.133. The van der Waals surface area contributed by atoms with Crippen molar-refractivity contribution in [3.8, 4) is 11.1 Å². The van der Waals surface area contributed by atoms with Crippen LogP contribution >= 0.6 is 0 Å². The van der Waals surface area contributed by atoms with Crippen LogP contribution in [0.1, 0.15) is 29.7 Å². The number of nitrogens with one attached hydrogen (secondary N) is 2. The third-order valence-electron chi connectivity index (χ3n) is 4.92. The lowest BCUT2D eigenvalue weighted by Gasteiger charge is -2.19. The normalized spacial score (nSPS) is 11.8. The molecule has 3 aromatic rings. The Labute approximate surface area is 192 Å². The van der Waals surface area contributed by atoms with Crippen LogP contribution < -0.4 is 16.8 Å². The number of amidine groups is 1. The van der Waals surface area contributed by atoms with Gasteiger partial charge in [0, 0.05) is 36.0 Å². The minimum atomic E-state index is -1.72. The van der Waals surface area contributed by atoms with E-state index in [1.807, 2.05) is 0 Å². The molecule has 0 aliphatic heterocycles. The van der Waals surface area contributed by atoms with Crippen LogP contribution in [0.25, 0.3) is 11.1 Å². The van der Waals surface area contributed by atoms with Crippen LogP contribution in [0.4, 0.5) is 23.4 Å². The van der Waals surface area contributed by atoms with Crippen LogP contribution in [0.15, 0.2) is 42.6 Å². The Bertz CT molecular complexity index is 1190. The minimum absolute atomic E-state index is 0.0728. The van der Waals surface area contributed by atoms with E-state index in [1.165, 1.54) is 25.3 Å². The lowest BCUT2D eigenvalue weighted by atomic mass is 10.0. The average molecular weight is 475 g/mol. The molecule has 7 nitrogen and oxygen atoms in total. The van der Waals surface area contributed by atoms with E-state index in [4.69, 9.17) is 21.6 Å². The number of rotatable bonds is 8. The molecular weight excluding hydrogens is 454 g/mol. The molecule has 34 heavy (non-hydrogen) atoms.